The molecule has 9 heteroatoms. The number of benzene rings is 2. The summed E-state index contributed by atoms with van der Waals surface area (Å²) in [5.41, 5.74) is -1.30. The maximum absolute atomic E-state index is 14.0. The molecule has 0 spiro atoms. The summed E-state index contributed by atoms with van der Waals surface area (Å²) >= 11 is 3.03. The van der Waals surface area contributed by atoms with Gasteiger partial charge in [-0.05, 0) is 37.1 Å². The van der Waals surface area contributed by atoms with Crippen molar-refractivity contribution < 1.29 is 27.9 Å². The van der Waals surface area contributed by atoms with Crippen LogP contribution in [-0.4, -0.2) is 21.5 Å². The monoisotopic (exact) mass is 473 g/mol. The normalized spacial score (nSPS) is 12.6. The average Bonchev–Trinajstić information content (AvgIpc) is 2.86. The zero-order chi connectivity index (χ0) is 20.9. The first-order valence-corrected chi connectivity index (χ1v) is 10.7. The second kappa shape index (κ2) is 7.26. The van der Waals surface area contributed by atoms with Crippen LogP contribution in [0.25, 0.3) is 10.9 Å². The molecule has 2 N–H and O–H groups in total. The molecule has 0 amide bonds. The molecule has 0 aliphatic rings. The van der Waals surface area contributed by atoms with E-state index < -0.39 is 18.8 Å². The summed E-state index contributed by atoms with van der Waals surface area (Å²) < 4.78 is 46.7. The van der Waals surface area contributed by atoms with E-state index in [4.69, 9.17) is 14.5 Å². The molecule has 0 bridgehead atoms. The number of aryl methyl sites for hydroxylation is 1. The van der Waals surface area contributed by atoms with Gasteiger partial charge in [-0.2, -0.15) is 8.78 Å². The highest BCUT2D eigenvalue weighted by Gasteiger charge is 2.51. The molecule has 0 fully saturated rings. The second-order valence-corrected chi connectivity index (χ2v) is 9.06. The van der Waals surface area contributed by atoms with Crippen LogP contribution < -0.4 is 4.74 Å². The number of para-hydroxylation sites is 1. The van der Waals surface area contributed by atoms with Crippen LogP contribution in [0.5, 0.6) is 5.75 Å². The highest BCUT2D eigenvalue weighted by molar-refractivity contribution is 9.10. The number of halogens is 3. The SMILES string of the molecule is COc1cccc2c(C)c(C)n(Cc3ccc(C(F)(F)P(=O)(O)O)c(Br)c3)c12. The molecule has 150 valence electrons. The smallest absolute Gasteiger partial charge is 0.399 e. The second-order valence-electron chi connectivity index (χ2n) is 6.55. The van der Waals surface area contributed by atoms with Gasteiger partial charge in [0, 0.05) is 27.7 Å². The van der Waals surface area contributed by atoms with E-state index in [0.29, 0.717) is 17.9 Å². The van der Waals surface area contributed by atoms with Gasteiger partial charge in [-0.25, -0.2) is 0 Å². The molecule has 0 unspecified atom stereocenters. The van der Waals surface area contributed by atoms with Crippen molar-refractivity contribution in [2.45, 2.75) is 26.1 Å². The summed E-state index contributed by atoms with van der Waals surface area (Å²) in [6.07, 6.45) is 0. The largest absolute Gasteiger partial charge is 0.495 e. The zero-order valence-electron chi connectivity index (χ0n) is 15.4. The Morgan fingerprint density at radius 1 is 1.21 bits per heavy atom. The molecule has 1 heterocycles. The molecule has 28 heavy (non-hydrogen) atoms. The van der Waals surface area contributed by atoms with Gasteiger partial charge in [0.1, 0.15) is 5.75 Å². The molecule has 0 aliphatic carbocycles. The molecule has 1 aromatic heterocycles. The van der Waals surface area contributed by atoms with Gasteiger partial charge in [0.05, 0.1) is 12.6 Å². The molecule has 0 aliphatic heterocycles. The fourth-order valence-electron chi connectivity index (χ4n) is 3.27. The Morgan fingerprint density at radius 3 is 2.46 bits per heavy atom. The Kier molecular flexibility index (Phi) is 5.44. The van der Waals surface area contributed by atoms with Crippen molar-refractivity contribution in [3.63, 3.8) is 0 Å². The van der Waals surface area contributed by atoms with Gasteiger partial charge in [0.15, 0.2) is 0 Å². The molecule has 0 atom stereocenters. The zero-order valence-corrected chi connectivity index (χ0v) is 17.9. The molecule has 3 rings (SSSR count). The van der Waals surface area contributed by atoms with Gasteiger partial charge in [-0.15, -0.1) is 0 Å². The lowest BCUT2D eigenvalue weighted by molar-refractivity contribution is 0.0557. The Balaban J connectivity index is 2.08. The number of alkyl halides is 2. The van der Waals surface area contributed by atoms with E-state index in [1.165, 1.54) is 12.1 Å². The van der Waals surface area contributed by atoms with Crippen molar-refractivity contribution >= 4 is 34.4 Å². The minimum Gasteiger partial charge on any atom is -0.495 e. The lowest BCUT2D eigenvalue weighted by Crippen LogP contribution is -2.15. The average molecular weight is 474 g/mol. The summed E-state index contributed by atoms with van der Waals surface area (Å²) in [6, 6.07) is 9.71. The first-order chi connectivity index (χ1) is 13.0. The van der Waals surface area contributed by atoms with E-state index in [1.807, 2.05) is 36.6 Å². The van der Waals surface area contributed by atoms with Crippen LogP contribution in [0.3, 0.4) is 0 Å². The first-order valence-electron chi connectivity index (χ1n) is 8.33. The number of ether oxygens (including phenoxy) is 1. The minimum absolute atomic E-state index is 0.0591. The van der Waals surface area contributed by atoms with Crippen LogP contribution in [0.1, 0.15) is 22.4 Å². The van der Waals surface area contributed by atoms with Crippen LogP contribution in [0, 0.1) is 13.8 Å². The maximum atomic E-state index is 14.0. The molecule has 0 saturated heterocycles. The molecule has 5 nitrogen and oxygen atoms in total. The number of methoxy groups -OCH3 is 1. The Hall–Kier alpha value is -1.73. The summed E-state index contributed by atoms with van der Waals surface area (Å²) in [5.74, 6) is 0.706. The highest BCUT2D eigenvalue weighted by Crippen LogP contribution is 2.60. The number of fused-ring (bicyclic) bond motifs is 1. The topological polar surface area (TPSA) is 71.7 Å². The maximum Gasteiger partial charge on any atom is 0.399 e. The summed E-state index contributed by atoms with van der Waals surface area (Å²) in [7, 11) is -4.04. The molecule has 3 aromatic rings. The van der Waals surface area contributed by atoms with Crippen LogP contribution in [0.4, 0.5) is 8.78 Å². The van der Waals surface area contributed by atoms with Crippen LogP contribution >= 0.6 is 23.5 Å². The van der Waals surface area contributed by atoms with Gasteiger partial charge >= 0.3 is 13.3 Å². The lowest BCUT2D eigenvalue weighted by atomic mass is 10.1. The fraction of sp³-hybridized carbons (Fsp3) is 0.263. The number of rotatable bonds is 5. The molecular formula is C19H19BrF2NO4P. The van der Waals surface area contributed by atoms with Crippen molar-refractivity contribution in [2.75, 3.05) is 7.11 Å². The minimum atomic E-state index is -5.63. The fourth-order valence-corrected chi connectivity index (χ4v) is 4.61. The third-order valence-corrected chi connectivity index (χ3v) is 6.53. The Bertz CT molecular complexity index is 1110. The number of hydrogen-bond acceptors (Lipinski definition) is 2. The van der Waals surface area contributed by atoms with Gasteiger partial charge < -0.3 is 19.1 Å². The quantitative estimate of drug-likeness (QED) is 0.493. The van der Waals surface area contributed by atoms with Crippen LogP contribution in [0.2, 0.25) is 0 Å². The summed E-state index contributed by atoms with van der Waals surface area (Å²) in [6.45, 7) is 4.37. The van der Waals surface area contributed by atoms with E-state index in [9.17, 15) is 13.3 Å². The molecule has 2 aromatic carbocycles. The summed E-state index contributed by atoms with van der Waals surface area (Å²) in [4.78, 5) is 17.9. The van der Waals surface area contributed by atoms with E-state index >= 15 is 0 Å². The number of aromatic nitrogens is 1. The van der Waals surface area contributed by atoms with Crippen LogP contribution in [-0.2, 0) is 16.8 Å². The molecule has 0 saturated carbocycles. The number of nitrogens with zero attached hydrogens (tertiary/aromatic N) is 1. The first kappa shape index (κ1) is 21.0. The van der Waals surface area contributed by atoms with Gasteiger partial charge in [-0.3, -0.25) is 4.57 Å². The standard InChI is InChI=1S/C19H19BrF2NO4P/c1-11-12(2)23(18-14(11)5-4-6-17(18)27-3)10-13-7-8-15(16(20)9-13)19(21,22)28(24,25)26/h4-9H,10H2,1-3H3,(H2,24,25,26). The van der Waals surface area contributed by atoms with Crippen LogP contribution in [0.15, 0.2) is 40.9 Å². The van der Waals surface area contributed by atoms with E-state index in [0.717, 1.165) is 28.2 Å². The summed E-state index contributed by atoms with van der Waals surface area (Å²) in [5, 5.41) is 1.04. The van der Waals surface area contributed by atoms with Gasteiger partial charge in [-0.1, -0.05) is 40.2 Å². The molecule has 0 radical (unpaired) electrons. The lowest BCUT2D eigenvalue weighted by Gasteiger charge is -2.20. The highest BCUT2D eigenvalue weighted by atomic mass is 79.9. The number of hydrogen-bond donors (Lipinski definition) is 2. The van der Waals surface area contributed by atoms with E-state index in [1.54, 1.807) is 7.11 Å². The van der Waals surface area contributed by atoms with Gasteiger partial charge in [0.2, 0.25) is 0 Å². The molecular weight excluding hydrogens is 455 g/mol. The Labute approximate surface area is 169 Å². The van der Waals surface area contributed by atoms with Crippen molar-refractivity contribution in [2.24, 2.45) is 0 Å². The van der Waals surface area contributed by atoms with Gasteiger partial charge in [0.25, 0.3) is 0 Å². The van der Waals surface area contributed by atoms with Crippen molar-refractivity contribution in [3.8, 4) is 5.75 Å². The third kappa shape index (κ3) is 3.39. The Morgan fingerprint density at radius 2 is 1.89 bits per heavy atom. The van der Waals surface area contributed by atoms with E-state index in [-0.39, 0.29) is 4.47 Å². The predicted octanol–water partition coefficient (Wildman–Crippen LogP) is 5.30. The van der Waals surface area contributed by atoms with E-state index in [2.05, 4.69) is 15.9 Å². The van der Waals surface area contributed by atoms with Crippen molar-refractivity contribution in [1.29, 1.82) is 0 Å². The predicted molar refractivity (Wildman–Crippen MR) is 107 cm³/mol. The third-order valence-electron chi connectivity index (χ3n) is 4.90. The van der Waals surface area contributed by atoms with Crippen molar-refractivity contribution in [3.05, 3.63) is 63.3 Å². The van der Waals surface area contributed by atoms with Crippen molar-refractivity contribution in [1.82, 2.24) is 4.57 Å².